The summed E-state index contributed by atoms with van der Waals surface area (Å²) < 4.78 is 40.2. The van der Waals surface area contributed by atoms with E-state index < -0.39 is 22.4 Å². The van der Waals surface area contributed by atoms with Crippen molar-refractivity contribution < 1.29 is 18.1 Å². The first kappa shape index (κ1) is 14.3. The van der Waals surface area contributed by atoms with E-state index in [0.717, 1.165) is 12.1 Å². The van der Waals surface area contributed by atoms with Gasteiger partial charge in [-0.25, -0.2) is 4.98 Å². The van der Waals surface area contributed by atoms with E-state index in [2.05, 4.69) is 4.98 Å². The molecule has 1 aromatic carbocycles. The highest BCUT2D eigenvalue weighted by Gasteiger charge is 2.39. The number of rotatable bonds is 2. The Morgan fingerprint density at radius 1 is 1.35 bits per heavy atom. The van der Waals surface area contributed by atoms with Crippen molar-refractivity contribution in [3.05, 3.63) is 33.6 Å². The number of fused-ring (bicyclic) bond motifs is 1. The molecule has 0 saturated heterocycles. The maximum atomic E-state index is 12.9. The van der Waals surface area contributed by atoms with Gasteiger partial charge >= 0.3 is 6.18 Å². The zero-order valence-corrected chi connectivity index (χ0v) is 11.0. The van der Waals surface area contributed by atoms with Crippen molar-refractivity contribution in [3.8, 4) is 0 Å². The van der Waals surface area contributed by atoms with Gasteiger partial charge in [-0.3, -0.25) is 10.1 Å². The topological polar surface area (TPSA) is 61.0 Å². The number of halogens is 3. The van der Waals surface area contributed by atoms with Crippen molar-refractivity contribution >= 4 is 16.7 Å². The van der Waals surface area contributed by atoms with E-state index in [1.807, 2.05) is 13.8 Å². The smallest absolute Gasteiger partial charge is 0.331 e. The largest absolute Gasteiger partial charge is 0.423 e. The third-order valence-electron chi connectivity index (χ3n) is 3.05. The molecule has 0 radical (unpaired) electrons. The third-order valence-corrected chi connectivity index (χ3v) is 3.05. The molecule has 0 N–H and O–H groups in total. The highest BCUT2D eigenvalue weighted by molar-refractivity contribution is 5.80. The summed E-state index contributed by atoms with van der Waals surface area (Å²) in [6, 6.07) is 1.66. The van der Waals surface area contributed by atoms with Gasteiger partial charge < -0.3 is 4.57 Å². The Bertz CT molecular complexity index is 689. The fourth-order valence-electron chi connectivity index (χ4n) is 2.14. The van der Waals surface area contributed by atoms with E-state index >= 15 is 0 Å². The number of nitro benzene ring substituents is 1. The van der Waals surface area contributed by atoms with Crippen molar-refractivity contribution in [3.63, 3.8) is 0 Å². The van der Waals surface area contributed by atoms with E-state index in [4.69, 9.17) is 0 Å². The maximum Gasteiger partial charge on any atom is 0.423 e. The molecular formula is C12H12F3N3O2. The summed E-state index contributed by atoms with van der Waals surface area (Å²) in [6.07, 6.45) is -4.78. The molecule has 0 fully saturated rings. The number of aromatic nitrogens is 2. The Kier molecular flexibility index (Phi) is 3.19. The molecule has 0 amide bonds. The maximum absolute atomic E-state index is 12.9. The van der Waals surface area contributed by atoms with Crippen LogP contribution in [0.1, 0.15) is 31.2 Å². The monoisotopic (exact) mass is 287 g/mol. The van der Waals surface area contributed by atoms with Gasteiger partial charge in [0.05, 0.1) is 16.0 Å². The summed E-state index contributed by atoms with van der Waals surface area (Å²) in [7, 11) is 1.59. The van der Waals surface area contributed by atoms with Gasteiger partial charge in [-0.2, -0.15) is 13.2 Å². The molecule has 0 spiro atoms. The zero-order valence-electron chi connectivity index (χ0n) is 11.0. The predicted octanol–water partition coefficient (Wildman–Crippen LogP) is 3.62. The van der Waals surface area contributed by atoms with Crippen molar-refractivity contribution in [2.45, 2.75) is 25.9 Å². The minimum atomic E-state index is -4.78. The van der Waals surface area contributed by atoms with Gasteiger partial charge in [0.15, 0.2) is 0 Å². The average molecular weight is 287 g/mol. The van der Waals surface area contributed by atoms with Gasteiger partial charge in [0.1, 0.15) is 11.4 Å². The Morgan fingerprint density at radius 2 is 1.95 bits per heavy atom. The summed E-state index contributed by atoms with van der Waals surface area (Å²) in [6.45, 7) is 3.70. The first-order chi connectivity index (χ1) is 9.12. The molecule has 0 aliphatic heterocycles. The van der Waals surface area contributed by atoms with E-state index in [0.29, 0.717) is 5.82 Å². The van der Waals surface area contributed by atoms with Gasteiger partial charge in [0.25, 0.3) is 5.69 Å². The molecule has 5 nitrogen and oxygen atoms in total. The Morgan fingerprint density at radius 3 is 2.40 bits per heavy atom. The molecule has 1 heterocycles. The van der Waals surface area contributed by atoms with E-state index in [-0.39, 0.29) is 17.0 Å². The lowest BCUT2D eigenvalue weighted by molar-refractivity contribution is -0.387. The summed E-state index contributed by atoms with van der Waals surface area (Å²) in [4.78, 5) is 13.9. The summed E-state index contributed by atoms with van der Waals surface area (Å²) >= 11 is 0. The Labute approximate surface area is 112 Å². The minimum Gasteiger partial charge on any atom is -0.331 e. The van der Waals surface area contributed by atoms with Crippen LogP contribution in [-0.2, 0) is 13.2 Å². The molecule has 0 bridgehead atoms. The van der Waals surface area contributed by atoms with Crippen LogP contribution in [0, 0.1) is 10.1 Å². The molecule has 108 valence electrons. The fourth-order valence-corrected chi connectivity index (χ4v) is 2.14. The first-order valence-corrected chi connectivity index (χ1v) is 5.85. The van der Waals surface area contributed by atoms with Crippen LogP contribution in [-0.4, -0.2) is 14.5 Å². The molecule has 0 aliphatic rings. The van der Waals surface area contributed by atoms with Crippen LogP contribution < -0.4 is 0 Å². The Hall–Kier alpha value is -2.12. The summed E-state index contributed by atoms with van der Waals surface area (Å²) in [5, 5.41) is 10.8. The van der Waals surface area contributed by atoms with Gasteiger partial charge in [-0.05, 0) is 6.07 Å². The SMILES string of the molecule is CC(C)c1nc2cc([N+](=O)[O-])c(C(F)(F)F)cc2n1C. The summed E-state index contributed by atoms with van der Waals surface area (Å²) in [5.74, 6) is 0.578. The number of hydrogen-bond acceptors (Lipinski definition) is 3. The number of imidazole rings is 1. The van der Waals surface area contributed by atoms with Gasteiger partial charge in [0.2, 0.25) is 0 Å². The molecule has 0 atom stereocenters. The number of nitrogens with zero attached hydrogens (tertiary/aromatic N) is 3. The van der Waals surface area contributed by atoms with Crippen LogP contribution in [0.5, 0.6) is 0 Å². The van der Waals surface area contributed by atoms with Crippen molar-refractivity contribution in [2.75, 3.05) is 0 Å². The predicted molar refractivity (Wildman–Crippen MR) is 66.5 cm³/mol. The van der Waals surface area contributed by atoms with Gasteiger partial charge in [0, 0.05) is 19.0 Å². The Balaban J connectivity index is 2.83. The second kappa shape index (κ2) is 4.46. The lowest BCUT2D eigenvalue weighted by Crippen LogP contribution is -2.09. The molecule has 1 aromatic heterocycles. The number of benzene rings is 1. The molecule has 8 heteroatoms. The van der Waals surface area contributed by atoms with Crippen LogP contribution in [0.15, 0.2) is 12.1 Å². The molecule has 0 aliphatic carbocycles. The lowest BCUT2D eigenvalue weighted by atomic mass is 10.1. The average Bonchev–Trinajstić information content (AvgIpc) is 2.64. The third kappa shape index (κ3) is 2.21. The minimum absolute atomic E-state index is 0.000734. The number of nitro groups is 1. The standard InChI is InChI=1S/C12H12F3N3O2/c1-6(2)11-16-8-5-9(18(19)20)7(12(13,14)15)4-10(8)17(11)3/h4-6H,1-3H3. The van der Waals surface area contributed by atoms with E-state index in [1.165, 1.54) is 4.57 Å². The van der Waals surface area contributed by atoms with Crippen LogP contribution in [0.25, 0.3) is 11.0 Å². The molecule has 0 saturated carbocycles. The highest BCUT2D eigenvalue weighted by atomic mass is 19.4. The fraction of sp³-hybridized carbons (Fsp3) is 0.417. The van der Waals surface area contributed by atoms with Gasteiger partial charge in [-0.15, -0.1) is 0 Å². The normalized spacial score (nSPS) is 12.3. The first-order valence-electron chi connectivity index (χ1n) is 5.85. The van der Waals surface area contributed by atoms with Crippen LogP contribution in [0.3, 0.4) is 0 Å². The number of alkyl halides is 3. The molecule has 0 unspecified atom stereocenters. The van der Waals surface area contributed by atoms with Gasteiger partial charge in [-0.1, -0.05) is 13.8 Å². The number of aryl methyl sites for hydroxylation is 1. The molecule has 20 heavy (non-hydrogen) atoms. The molecular weight excluding hydrogens is 275 g/mol. The molecule has 2 aromatic rings. The van der Waals surface area contributed by atoms with Crippen LogP contribution in [0.2, 0.25) is 0 Å². The lowest BCUT2D eigenvalue weighted by Gasteiger charge is -2.08. The van der Waals surface area contributed by atoms with Crippen molar-refractivity contribution in [2.24, 2.45) is 7.05 Å². The number of hydrogen-bond donors (Lipinski definition) is 0. The van der Waals surface area contributed by atoms with E-state index in [9.17, 15) is 23.3 Å². The van der Waals surface area contributed by atoms with E-state index in [1.54, 1.807) is 7.05 Å². The quantitative estimate of drug-likeness (QED) is 0.626. The van der Waals surface area contributed by atoms with Crippen LogP contribution >= 0.6 is 0 Å². The highest BCUT2D eigenvalue weighted by Crippen LogP contribution is 2.38. The second-order valence-electron chi connectivity index (χ2n) is 4.80. The van der Waals surface area contributed by atoms with Crippen molar-refractivity contribution in [1.82, 2.24) is 9.55 Å². The van der Waals surface area contributed by atoms with Crippen molar-refractivity contribution in [1.29, 1.82) is 0 Å². The second-order valence-corrected chi connectivity index (χ2v) is 4.80. The molecule has 2 rings (SSSR count). The zero-order chi connectivity index (χ0) is 15.2. The summed E-state index contributed by atoms with van der Waals surface area (Å²) in [5.41, 5.74) is -1.81. The van der Waals surface area contributed by atoms with Crippen LogP contribution in [0.4, 0.5) is 18.9 Å².